The fraction of sp³-hybridized carbons (Fsp3) is 0.421. The number of ether oxygens (including phenoxy) is 1. The Labute approximate surface area is 132 Å². The zero-order chi connectivity index (χ0) is 15.8. The molecule has 0 bridgehead atoms. The van der Waals surface area contributed by atoms with Gasteiger partial charge in [0.05, 0.1) is 13.2 Å². The number of hydrogen-bond acceptors (Lipinski definition) is 2. The summed E-state index contributed by atoms with van der Waals surface area (Å²) in [5.41, 5.74) is 1.44. The second kappa shape index (κ2) is 8.54. The van der Waals surface area contributed by atoms with Gasteiger partial charge in [-0.1, -0.05) is 56.3 Å². The average Bonchev–Trinajstić information content (AvgIpc) is 2.61. The molecule has 1 fully saturated rings. The topological polar surface area (TPSA) is 29.5 Å². The van der Waals surface area contributed by atoms with Crippen molar-refractivity contribution in [2.45, 2.75) is 26.7 Å². The van der Waals surface area contributed by atoms with Gasteiger partial charge in [-0.3, -0.25) is 4.79 Å². The van der Waals surface area contributed by atoms with Crippen molar-refractivity contribution < 1.29 is 9.53 Å². The second-order valence-corrected chi connectivity index (χ2v) is 5.34. The minimum Gasteiger partial charge on any atom is -0.378 e. The molecule has 1 saturated heterocycles. The molecule has 2 aromatic rings. The van der Waals surface area contributed by atoms with E-state index in [9.17, 15) is 4.79 Å². The Morgan fingerprint density at radius 1 is 1.05 bits per heavy atom. The Kier molecular flexibility index (Phi) is 6.41. The van der Waals surface area contributed by atoms with Crippen molar-refractivity contribution >= 4 is 16.7 Å². The lowest BCUT2D eigenvalue weighted by Crippen LogP contribution is -2.40. The van der Waals surface area contributed by atoms with Crippen molar-refractivity contribution in [3.8, 4) is 0 Å². The van der Waals surface area contributed by atoms with Gasteiger partial charge >= 0.3 is 0 Å². The number of benzene rings is 2. The lowest BCUT2D eigenvalue weighted by atomic mass is 10.0. The van der Waals surface area contributed by atoms with E-state index in [0.29, 0.717) is 19.6 Å². The van der Waals surface area contributed by atoms with E-state index in [2.05, 4.69) is 49.4 Å². The van der Waals surface area contributed by atoms with Gasteiger partial charge in [0.2, 0.25) is 5.91 Å². The lowest BCUT2D eigenvalue weighted by molar-refractivity contribution is -0.134. The number of morpholine rings is 1. The Hall–Kier alpha value is -1.87. The molecule has 1 aliphatic rings. The first-order valence-electron chi connectivity index (χ1n) is 8.08. The molecule has 0 aliphatic carbocycles. The summed E-state index contributed by atoms with van der Waals surface area (Å²) in [5.74, 6) is 0.239. The second-order valence-electron chi connectivity index (χ2n) is 5.34. The zero-order valence-electron chi connectivity index (χ0n) is 13.5. The van der Waals surface area contributed by atoms with Crippen LogP contribution in [0.1, 0.15) is 25.8 Å². The summed E-state index contributed by atoms with van der Waals surface area (Å²) in [6.45, 7) is 7.02. The van der Waals surface area contributed by atoms with Crippen LogP contribution >= 0.6 is 0 Å². The Bertz CT molecular complexity index is 598. The molecular formula is C19H25NO2. The first kappa shape index (κ1) is 16.5. The summed E-state index contributed by atoms with van der Waals surface area (Å²) in [5, 5.41) is 2.74. The number of carbonyl (C=O) groups excluding carboxylic acids is 1. The van der Waals surface area contributed by atoms with Crippen LogP contribution in [0.25, 0.3) is 10.8 Å². The van der Waals surface area contributed by atoms with Crippen LogP contribution < -0.4 is 0 Å². The largest absolute Gasteiger partial charge is 0.378 e. The van der Waals surface area contributed by atoms with E-state index in [0.717, 1.165) is 19.5 Å². The highest BCUT2D eigenvalue weighted by molar-refractivity contribution is 5.85. The van der Waals surface area contributed by atoms with Crippen molar-refractivity contribution in [3.05, 3.63) is 48.0 Å². The highest BCUT2D eigenvalue weighted by Crippen LogP contribution is 2.18. The molecule has 3 rings (SSSR count). The molecule has 0 saturated carbocycles. The Morgan fingerprint density at radius 3 is 2.41 bits per heavy atom. The molecule has 3 nitrogen and oxygen atoms in total. The van der Waals surface area contributed by atoms with Crippen LogP contribution in [0, 0.1) is 0 Å². The fourth-order valence-corrected chi connectivity index (χ4v) is 2.64. The number of hydrogen-bond donors (Lipinski definition) is 0. The zero-order valence-corrected chi connectivity index (χ0v) is 13.5. The Balaban J connectivity index is 0.000000164. The van der Waals surface area contributed by atoms with E-state index in [4.69, 9.17) is 4.74 Å². The molecule has 0 radical (unpaired) electrons. The molecule has 22 heavy (non-hydrogen) atoms. The van der Waals surface area contributed by atoms with Gasteiger partial charge in [-0.05, 0) is 22.8 Å². The first-order valence-corrected chi connectivity index (χ1v) is 8.08. The third-order valence-corrected chi connectivity index (χ3v) is 3.93. The van der Waals surface area contributed by atoms with E-state index in [1.807, 2.05) is 11.8 Å². The molecule has 1 heterocycles. The quantitative estimate of drug-likeness (QED) is 0.847. The highest BCUT2D eigenvalue weighted by atomic mass is 16.5. The number of aryl methyl sites for hydroxylation is 1. The average molecular weight is 299 g/mol. The van der Waals surface area contributed by atoms with E-state index in [-0.39, 0.29) is 5.91 Å². The van der Waals surface area contributed by atoms with Gasteiger partial charge in [-0.2, -0.15) is 0 Å². The van der Waals surface area contributed by atoms with Crippen LogP contribution in [0.15, 0.2) is 42.5 Å². The van der Waals surface area contributed by atoms with Crippen LogP contribution in [0.5, 0.6) is 0 Å². The minimum absolute atomic E-state index is 0.239. The first-order chi connectivity index (χ1) is 10.8. The molecule has 3 heteroatoms. The molecule has 1 aliphatic heterocycles. The number of fused-ring (bicyclic) bond motifs is 1. The van der Waals surface area contributed by atoms with Crippen molar-refractivity contribution in [2.75, 3.05) is 26.3 Å². The minimum atomic E-state index is 0.239. The summed E-state index contributed by atoms with van der Waals surface area (Å²) >= 11 is 0. The summed E-state index contributed by atoms with van der Waals surface area (Å²) in [6, 6.07) is 15.0. The van der Waals surface area contributed by atoms with Gasteiger partial charge in [-0.25, -0.2) is 0 Å². The van der Waals surface area contributed by atoms with E-state index < -0.39 is 0 Å². The van der Waals surface area contributed by atoms with E-state index in [1.54, 1.807) is 0 Å². The van der Waals surface area contributed by atoms with Crippen molar-refractivity contribution in [2.24, 2.45) is 0 Å². The highest BCUT2D eigenvalue weighted by Gasteiger charge is 2.13. The van der Waals surface area contributed by atoms with Crippen molar-refractivity contribution in [1.29, 1.82) is 0 Å². The monoisotopic (exact) mass is 299 g/mol. The van der Waals surface area contributed by atoms with Gasteiger partial charge in [0.25, 0.3) is 0 Å². The summed E-state index contributed by atoms with van der Waals surface area (Å²) in [6.07, 6.45) is 1.72. The van der Waals surface area contributed by atoms with Crippen molar-refractivity contribution in [3.63, 3.8) is 0 Å². The molecular weight excluding hydrogens is 274 g/mol. The van der Waals surface area contributed by atoms with Crippen LogP contribution in [0.2, 0.25) is 0 Å². The standard InChI is InChI=1S/C12H12.C7H13NO2/c1-2-10-7-5-8-11-6-3-4-9-12(10)11;1-2-7(9)8-3-5-10-6-4-8/h3-9H,2H2,1H3;2-6H2,1H3. The lowest BCUT2D eigenvalue weighted by Gasteiger charge is -2.26. The maximum atomic E-state index is 11.0. The van der Waals surface area contributed by atoms with Crippen LogP contribution in [0.3, 0.4) is 0 Å². The smallest absolute Gasteiger partial charge is 0.222 e. The predicted octanol–water partition coefficient (Wildman–Crippen LogP) is 3.66. The van der Waals surface area contributed by atoms with Crippen molar-refractivity contribution in [1.82, 2.24) is 4.90 Å². The predicted molar refractivity (Wildman–Crippen MR) is 91.0 cm³/mol. The number of nitrogens with zero attached hydrogens (tertiary/aromatic N) is 1. The van der Waals surface area contributed by atoms with Crippen LogP contribution in [-0.2, 0) is 16.0 Å². The third kappa shape index (κ3) is 4.31. The van der Waals surface area contributed by atoms with Crippen LogP contribution in [0.4, 0.5) is 0 Å². The van der Waals surface area contributed by atoms with Gasteiger partial charge in [0.1, 0.15) is 0 Å². The molecule has 0 N–H and O–H groups in total. The number of rotatable bonds is 2. The molecule has 0 unspecified atom stereocenters. The maximum absolute atomic E-state index is 11.0. The summed E-state index contributed by atoms with van der Waals surface area (Å²) in [7, 11) is 0. The van der Waals surface area contributed by atoms with Gasteiger partial charge in [-0.15, -0.1) is 0 Å². The molecule has 1 amide bonds. The summed E-state index contributed by atoms with van der Waals surface area (Å²) in [4.78, 5) is 12.9. The van der Waals surface area contributed by atoms with Gasteiger partial charge in [0.15, 0.2) is 0 Å². The normalized spacial score (nSPS) is 14.4. The summed E-state index contributed by atoms with van der Waals surface area (Å²) < 4.78 is 5.10. The number of carbonyl (C=O) groups is 1. The third-order valence-electron chi connectivity index (χ3n) is 3.93. The number of amides is 1. The van der Waals surface area contributed by atoms with Crippen LogP contribution in [-0.4, -0.2) is 37.1 Å². The molecule has 0 aromatic heterocycles. The van der Waals surface area contributed by atoms with Gasteiger partial charge < -0.3 is 9.64 Å². The Morgan fingerprint density at radius 2 is 1.73 bits per heavy atom. The molecule has 118 valence electrons. The SMILES string of the molecule is CCC(=O)N1CCOCC1.CCc1cccc2ccccc12. The van der Waals surface area contributed by atoms with E-state index >= 15 is 0 Å². The van der Waals surface area contributed by atoms with E-state index in [1.165, 1.54) is 16.3 Å². The maximum Gasteiger partial charge on any atom is 0.222 e. The molecule has 0 spiro atoms. The van der Waals surface area contributed by atoms with Gasteiger partial charge in [0, 0.05) is 19.5 Å². The molecule has 0 atom stereocenters. The fourth-order valence-electron chi connectivity index (χ4n) is 2.64. The molecule has 2 aromatic carbocycles.